The van der Waals surface area contributed by atoms with Crippen LogP contribution in [0.3, 0.4) is 0 Å². The van der Waals surface area contributed by atoms with Crippen LogP contribution < -0.4 is 4.72 Å². The van der Waals surface area contributed by atoms with Crippen LogP contribution in [0.5, 0.6) is 0 Å². The van der Waals surface area contributed by atoms with E-state index < -0.39 is 27.4 Å². The predicted molar refractivity (Wildman–Crippen MR) is 79.6 cm³/mol. The van der Waals surface area contributed by atoms with Crippen LogP contribution in [0.4, 0.5) is 0 Å². The molecule has 1 heterocycles. The molecule has 0 saturated carbocycles. The number of aryl methyl sites for hydroxylation is 1. The number of aliphatic carboxylic acids is 1. The fourth-order valence-electron chi connectivity index (χ4n) is 2.09. The molecule has 0 radical (unpaired) electrons. The van der Waals surface area contributed by atoms with Gasteiger partial charge in [-0.3, -0.25) is 4.79 Å². The average molecular weight is 378 g/mol. The van der Waals surface area contributed by atoms with Crippen molar-refractivity contribution < 1.29 is 23.1 Å². The van der Waals surface area contributed by atoms with Gasteiger partial charge in [-0.05, 0) is 37.6 Å². The van der Waals surface area contributed by atoms with Gasteiger partial charge < -0.3 is 9.84 Å². The van der Waals surface area contributed by atoms with Crippen LogP contribution in [0.2, 0.25) is 0 Å². The molecule has 2 N–H and O–H groups in total. The molecule has 116 valence electrons. The zero-order valence-corrected chi connectivity index (χ0v) is 14.0. The summed E-state index contributed by atoms with van der Waals surface area (Å²) in [7, 11) is -3.80. The van der Waals surface area contributed by atoms with Crippen molar-refractivity contribution in [1.29, 1.82) is 0 Å². The van der Waals surface area contributed by atoms with E-state index in [1.165, 1.54) is 19.1 Å². The van der Waals surface area contributed by atoms with Crippen LogP contribution in [0.15, 0.2) is 27.6 Å². The maximum atomic E-state index is 12.4. The highest BCUT2D eigenvalue weighted by Gasteiger charge is 2.48. The van der Waals surface area contributed by atoms with Crippen LogP contribution in [-0.2, 0) is 19.6 Å². The molecule has 0 aliphatic carbocycles. The van der Waals surface area contributed by atoms with Gasteiger partial charge in [0.25, 0.3) is 0 Å². The van der Waals surface area contributed by atoms with Crippen molar-refractivity contribution >= 4 is 31.9 Å². The monoisotopic (exact) mass is 377 g/mol. The first kappa shape index (κ1) is 16.4. The summed E-state index contributed by atoms with van der Waals surface area (Å²) < 4.78 is 33.2. The number of nitrogens with one attached hydrogen (secondary N) is 1. The van der Waals surface area contributed by atoms with Crippen molar-refractivity contribution in [1.82, 2.24) is 4.72 Å². The summed E-state index contributed by atoms with van der Waals surface area (Å²) in [5.41, 5.74) is -0.487. The number of carboxylic acid groups (broad SMARTS) is 1. The molecule has 1 aliphatic rings. The highest BCUT2D eigenvalue weighted by Crippen LogP contribution is 2.30. The van der Waals surface area contributed by atoms with Gasteiger partial charge in [-0.15, -0.1) is 0 Å². The molecule has 8 heteroatoms. The van der Waals surface area contributed by atoms with Crippen molar-refractivity contribution in [2.75, 3.05) is 13.2 Å². The van der Waals surface area contributed by atoms with Crippen molar-refractivity contribution in [3.05, 3.63) is 28.2 Å². The maximum Gasteiger partial charge on any atom is 0.313 e. The predicted octanol–water partition coefficient (Wildman–Crippen LogP) is 1.53. The number of hydrogen-bond donors (Lipinski definition) is 2. The van der Waals surface area contributed by atoms with Crippen LogP contribution in [0, 0.1) is 12.3 Å². The molecule has 1 fully saturated rings. The van der Waals surface area contributed by atoms with Gasteiger partial charge in [0.05, 0.1) is 24.2 Å². The Morgan fingerprint density at radius 1 is 1.52 bits per heavy atom. The second-order valence-corrected chi connectivity index (χ2v) is 7.89. The smallest absolute Gasteiger partial charge is 0.313 e. The largest absolute Gasteiger partial charge is 0.481 e. The van der Waals surface area contributed by atoms with Gasteiger partial charge in [-0.2, -0.15) is 0 Å². The molecule has 2 atom stereocenters. The summed E-state index contributed by atoms with van der Waals surface area (Å²) in [6.45, 7) is 3.28. The Labute approximate surface area is 131 Å². The third-order valence-corrected chi connectivity index (χ3v) is 6.04. The SMILES string of the molecule is Cc1cc(S(=O)(=O)NC2COCC2(C)C(=O)O)ccc1Br. The minimum atomic E-state index is -3.80. The number of carbonyl (C=O) groups is 1. The standard InChI is InChI=1S/C13H16BrNO5S/c1-8-5-9(3-4-10(8)14)21(18,19)15-11-6-20-7-13(11,2)12(16)17/h3-5,11,15H,6-7H2,1-2H3,(H,16,17). The molecule has 21 heavy (non-hydrogen) atoms. The number of benzene rings is 1. The fraction of sp³-hybridized carbons (Fsp3) is 0.462. The van der Waals surface area contributed by atoms with E-state index in [1.807, 2.05) is 0 Å². The molecule has 1 saturated heterocycles. The molecule has 0 bridgehead atoms. The number of carboxylic acids is 1. The van der Waals surface area contributed by atoms with E-state index >= 15 is 0 Å². The Morgan fingerprint density at radius 3 is 2.76 bits per heavy atom. The number of hydrogen-bond acceptors (Lipinski definition) is 4. The molecular formula is C13H16BrNO5S. The Bertz CT molecular complexity index is 675. The zero-order valence-electron chi connectivity index (χ0n) is 11.6. The average Bonchev–Trinajstić information content (AvgIpc) is 2.75. The minimum absolute atomic E-state index is 0.0190. The molecule has 1 aromatic rings. The summed E-state index contributed by atoms with van der Waals surface area (Å²) in [5.74, 6) is -1.08. The molecule has 1 aromatic carbocycles. The van der Waals surface area contributed by atoms with Gasteiger partial charge in [0.2, 0.25) is 10.0 Å². The summed E-state index contributed by atoms with van der Waals surface area (Å²) in [6, 6.07) is 3.84. The number of halogens is 1. The van der Waals surface area contributed by atoms with Crippen molar-refractivity contribution in [2.45, 2.75) is 24.8 Å². The van der Waals surface area contributed by atoms with Crippen molar-refractivity contribution in [3.8, 4) is 0 Å². The zero-order chi connectivity index (χ0) is 15.8. The van der Waals surface area contributed by atoms with E-state index in [9.17, 15) is 18.3 Å². The van der Waals surface area contributed by atoms with Crippen LogP contribution in [0.25, 0.3) is 0 Å². The molecule has 0 aromatic heterocycles. The molecule has 6 nitrogen and oxygen atoms in total. The van der Waals surface area contributed by atoms with Crippen LogP contribution >= 0.6 is 15.9 Å². The van der Waals surface area contributed by atoms with Gasteiger partial charge >= 0.3 is 5.97 Å². The van der Waals surface area contributed by atoms with Gasteiger partial charge in [0.1, 0.15) is 5.41 Å². The van der Waals surface area contributed by atoms with Crippen molar-refractivity contribution in [2.24, 2.45) is 5.41 Å². The Balaban J connectivity index is 2.29. The highest BCUT2D eigenvalue weighted by molar-refractivity contribution is 9.10. The van der Waals surface area contributed by atoms with Crippen LogP contribution in [-0.4, -0.2) is 38.7 Å². The quantitative estimate of drug-likeness (QED) is 0.829. The topological polar surface area (TPSA) is 92.7 Å². The van der Waals surface area contributed by atoms with Gasteiger partial charge in [-0.1, -0.05) is 15.9 Å². The summed E-state index contributed by atoms with van der Waals surface area (Å²) in [6.07, 6.45) is 0. The second kappa shape index (κ2) is 5.68. The summed E-state index contributed by atoms with van der Waals surface area (Å²) in [5, 5.41) is 9.27. The fourth-order valence-corrected chi connectivity index (χ4v) is 3.75. The third kappa shape index (κ3) is 3.13. The lowest BCUT2D eigenvalue weighted by Crippen LogP contribution is -2.49. The van der Waals surface area contributed by atoms with E-state index in [1.54, 1.807) is 13.0 Å². The van der Waals surface area contributed by atoms with E-state index in [4.69, 9.17) is 4.74 Å². The first-order valence-corrected chi connectivity index (χ1v) is 8.54. The molecule has 2 rings (SSSR count). The van der Waals surface area contributed by atoms with E-state index in [2.05, 4.69) is 20.7 Å². The first-order chi connectivity index (χ1) is 9.67. The molecule has 0 amide bonds. The second-order valence-electron chi connectivity index (χ2n) is 5.32. The Hall–Kier alpha value is -0.960. The van der Waals surface area contributed by atoms with Gasteiger partial charge in [0.15, 0.2) is 0 Å². The van der Waals surface area contributed by atoms with Crippen LogP contribution in [0.1, 0.15) is 12.5 Å². The number of ether oxygens (including phenoxy) is 1. The van der Waals surface area contributed by atoms with Gasteiger partial charge in [-0.25, -0.2) is 13.1 Å². The lowest BCUT2D eigenvalue weighted by molar-refractivity contribution is -0.148. The normalized spacial score (nSPS) is 26.0. The Morgan fingerprint density at radius 2 is 2.19 bits per heavy atom. The van der Waals surface area contributed by atoms with Gasteiger partial charge in [0, 0.05) is 4.47 Å². The lowest BCUT2D eigenvalue weighted by Gasteiger charge is -2.25. The molecular weight excluding hydrogens is 362 g/mol. The summed E-state index contributed by atoms with van der Waals surface area (Å²) in [4.78, 5) is 11.4. The van der Waals surface area contributed by atoms with E-state index in [0.717, 1.165) is 10.0 Å². The molecule has 0 spiro atoms. The van der Waals surface area contributed by atoms with E-state index in [-0.39, 0.29) is 18.1 Å². The number of rotatable bonds is 4. The minimum Gasteiger partial charge on any atom is -0.481 e. The maximum absolute atomic E-state index is 12.4. The number of sulfonamides is 1. The highest BCUT2D eigenvalue weighted by atomic mass is 79.9. The third-order valence-electron chi connectivity index (χ3n) is 3.68. The Kier molecular flexibility index (Phi) is 4.44. The summed E-state index contributed by atoms with van der Waals surface area (Å²) >= 11 is 3.31. The van der Waals surface area contributed by atoms with Crippen molar-refractivity contribution in [3.63, 3.8) is 0 Å². The van der Waals surface area contributed by atoms with E-state index in [0.29, 0.717) is 0 Å². The molecule has 2 unspecified atom stereocenters. The lowest BCUT2D eigenvalue weighted by atomic mass is 9.86. The molecule has 1 aliphatic heterocycles. The first-order valence-electron chi connectivity index (χ1n) is 6.26.